The normalized spacial score (nSPS) is 14.3. The molecular formula is C18H20Cl2N4O2S. The number of piperazine rings is 1. The fraction of sp³-hybridized carbons (Fsp3) is 0.389. The van der Waals surface area contributed by atoms with Crippen molar-refractivity contribution >= 4 is 52.4 Å². The number of ether oxygens (including phenoxy) is 1. The van der Waals surface area contributed by atoms with Gasteiger partial charge in [-0.05, 0) is 31.2 Å². The number of anilines is 2. The molecule has 1 saturated heterocycles. The summed E-state index contributed by atoms with van der Waals surface area (Å²) in [4.78, 5) is 24.8. The molecular weight excluding hydrogens is 407 g/mol. The van der Waals surface area contributed by atoms with E-state index in [0.29, 0.717) is 16.9 Å². The summed E-state index contributed by atoms with van der Waals surface area (Å²) in [6, 6.07) is 9.63. The maximum atomic E-state index is 11.5. The molecule has 1 fully saturated rings. The smallest absolute Gasteiger partial charge is 0.316 e. The van der Waals surface area contributed by atoms with Gasteiger partial charge in [0.25, 0.3) is 0 Å². The highest BCUT2D eigenvalue weighted by Gasteiger charge is 2.20. The predicted octanol–water partition coefficient (Wildman–Crippen LogP) is 3.77. The second-order valence-electron chi connectivity index (χ2n) is 5.88. The van der Waals surface area contributed by atoms with Gasteiger partial charge in [-0.2, -0.15) is 0 Å². The van der Waals surface area contributed by atoms with Crippen LogP contribution in [0, 0.1) is 0 Å². The van der Waals surface area contributed by atoms with Gasteiger partial charge in [0, 0.05) is 43.0 Å². The lowest BCUT2D eigenvalue weighted by Gasteiger charge is -2.36. The quantitative estimate of drug-likeness (QED) is 0.301. The Balaban J connectivity index is 1.61. The maximum absolute atomic E-state index is 11.5. The van der Waals surface area contributed by atoms with Gasteiger partial charge in [0.1, 0.15) is 11.0 Å². The molecule has 0 bridgehead atoms. The fourth-order valence-electron chi connectivity index (χ4n) is 2.78. The lowest BCUT2D eigenvalue weighted by atomic mass is 10.2. The topological polar surface area (TPSA) is 58.6 Å². The van der Waals surface area contributed by atoms with Crippen LogP contribution in [0.4, 0.5) is 11.5 Å². The van der Waals surface area contributed by atoms with Crippen LogP contribution in [-0.4, -0.2) is 54.5 Å². The van der Waals surface area contributed by atoms with Gasteiger partial charge in [0.05, 0.1) is 12.4 Å². The molecule has 0 N–H and O–H groups in total. The van der Waals surface area contributed by atoms with Crippen LogP contribution < -0.4 is 9.80 Å². The van der Waals surface area contributed by atoms with Gasteiger partial charge >= 0.3 is 5.97 Å². The SMILES string of the molecule is CCOC(=O)CSc1nc(Cl)cc(N2CCN(c3ccc(Cl)cc3)CC2)n1. The molecule has 1 aromatic carbocycles. The first-order valence-electron chi connectivity index (χ1n) is 8.63. The third-order valence-corrected chi connectivity index (χ3v) is 5.35. The van der Waals surface area contributed by atoms with Gasteiger partial charge < -0.3 is 14.5 Å². The summed E-state index contributed by atoms with van der Waals surface area (Å²) in [5.41, 5.74) is 1.16. The minimum absolute atomic E-state index is 0.165. The number of thioether (sulfide) groups is 1. The van der Waals surface area contributed by atoms with E-state index in [0.717, 1.165) is 42.7 Å². The van der Waals surface area contributed by atoms with E-state index in [2.05, 4.69) is 19.8 Å². The molecule has 9 heteroatoms. The number of halogens is 2. The number of benzene rings is 1. The molecule has 144 valence electrons. The summed E-state index contributed by atoms with van der Waals surface area (Å²) in [6.07, 6.45) is 0. The molecule has 2 heterocycles. The lowest BCUT2D eigenvalue weighted by molar-refractivity contribution is -0.139. The summed E-state index contributed by atoms with van der Waals surface area (Å²) >= 11 is 13.3. The van der Waals surface area contributed by atoms with E-state index in [1.165, 1.54) is 11.8 Å². The van der Waals surface area contributed by atoms with Crippen LogP contribution >= 0.6 is 35.0 Å². The molecule has 1 aromatic heterocycles. The number of hydrogen-bond donors (Lipinski definition) is 0. The zero-order chi connectivity index (χ0) is 19.2. The van der Waals surface area contributed by atoms with Crippen LogP contribution in [0.5, 0.6) is 0 Å². The van der Waals surface area contributed by atoms with Crippen LogP contribution in [0.2, 0.25) is 10.2 Å². The second kappa shape index (κ2) is 9.48. The molecule has 0 spiro atoms. The minimum atomic E-state index is -0.288. The Kier molecular flexibility index (Phi) is 7.04. The summed E-state index contributed by atoms with van der Waals surface area (Å²) < 4.78 is 4.93. The predicted molar refractivity (Wildman–Crippen MR) is 110 cm³/mol. The highest BCUT2D eigenvalue weighted by atomic mass is 35.5. The Morgan fingerprint density at radius 3 is 2.44 bits per heavy atom. The molecule has 3 rings (SSSR count). The first-order valence-corrected chi connectivity index (χ1v) is 10.4. The zero-order valence-electron chi connectivity index (χ0n) is 14.9. The highest BCUT2D eigenvalue weighted by molar-refractivity contribution is 7.99. The molecule has 0 unspecified atom stereocenters. The van der Waals surface area contributed by atoms with Crippen molar-refractivity contribution in [1.82, 2.24) is 9.97 Å². The van der Waals surface area contributed by atoms with E-state index in [4.69, 9.17) is 27.9 Å². The molecule has 1 aliphatic heterocycles. The molecule has 27 heavy (non-hydrogen) atoms. The number of aromatic nitrogens is 2. The Morgan fingerprint density at radius 1 is 1.11 bits per heavy atom. The largest absolute Gasteiger partial charge is 0.465 e. The van der Waals surface area contributed by atoms with E-state index >= 15 is 0 Å². The number of carbonyl (C=O) groups is 1. The van der Waals surface area contributed by atoms with Crippen molar-refractivity contribution in [2.75, 3.05) is 48.3 Å². The molecule has 1 aliphatic rings. The molecule has 0 atom stereocenters. The molecule has 0 radical (unpaired) electrons. The van der Waals surface area contributed by atoms with Gasteiger partial charge in [-0.3, -0.25) is 4.79 Å². The van der Waals surface area contributed by atoms with Gasteiger partial charge in [0.15, 0.2) is 5.16 Å². The molecule has 6 nitrogen and oxygen atoms in total. The Morgan fingerprint density at radius 2 is 1.78 bits per heavy atom. The highest BCUT2D eigenvalue weighted by Crippen LogP contribution is 2.25. The van der Waals surface area contributed by atoms with Crippen molar-refractivity contribution in [3.8, 4) is 0 Å². The third kappa shape index (κ3) is 5.64. The van der Waals surface area contributed by atoms with Crippen LogP contribution in [-0.2, 0) is 9.53 Å². The van der Waals surface area contributed by atoms with Gasteiger partial charge in [0.2, 0.25) is 0 Å². The summed E-state index contributed by atoms with van der Waals surface area (Å²) in [7, 11) is 0. The standard InChI is InChI=1S/C18H20Cl2N4O2S/c1-2-26-17(25)12-27-18-21-15(20)11-16(22-18)24-9-7-23(8-10-24)14-5-3-13(19)4-6-14/h3-6,11H,2,7-10,12H2,1H3. The minimum Gasteiger partial charge on any atom is -0.465 e. The first kappa shape index (κ1) is 20.0. The van der Waals surface area contributed by atoms with Gasteiger partial charge in [-0.1, -0.05) is 35.0 Å². The van der Waals surface area contributed by atoms with Crippen LogP contribution in [0.3, 0.4) is 0 Å². The van der Waals surface area contributed by atoms with E-state index in [9.17, 15) is 4.79 Å². The van der Waals surface area contributed by atoms with Crippen LogP contribution in [0.1, 0.15) is 6.92 Å². The van der Waals surface area contributed by atoms with E-state index in [-0.39, 0.29) is 11.7 Å². The van der Waals surface area contributed by atoms with Crippen molar-refractivity contribution in [1.29, 1.82) is 0 Å². The lowest BCUT2D eigenvalue weighted by Crippen LogP contribution is -2.46. The maximum Gasteiger partial charge on any atom is 0.316 e. The van der Waals surface area contributed by atoms with Crippen molar-refractivity contribution < 1.29 is 9.53 Å². The van der Waals surface area contributed by atoms with Crippen LogP contribution in [0.25, 0.3) is 0 Å². The first-order chi connectivity index (χ1) is 13.0. The Hall–Kier alpha value is -1.70. The van der Waals surface area contributed by atoms with E-state index < -0.39 is 0 Å². The van der Waals surface area contributed by atoms with Crippen molar-refractivity contribution in [2.45, 2.75) is 12.1 Å². The molecule has 0 aliphatic carbocycles. The third-order valence-electron chi connectivity index (χ3n) is 4.08. The van der Waals surface area contributed by atoms with Crippen molar-refractivity contribution in [3.05, 3.63) is 40.5 Å². The zero-order valence-corrected chi connectivity index (χ0v) is 17.2. The number of rotatable bonds is 6. The fourth-order valence-corrected chi connectivity index (χ4v) is 3.79. The Bertz CT molecular complexity index is 783. The molecule has 0 saturated carbocycles. The average Bonchev–Trinajstić information content (AvgIpc) is 2.67. The molecule has 2 aromatic rings. The number of nitrogens with zero attached hydrogens (tertiary/aromatic N) is 4. The monoisotopic (exact) mass is 426 g/mol. The number of esters is 1. The number of hydrogen-bond acceptors (Lipinski definition) is 7. The summed E-state index contributed by atoms with van der Waals surface area (Å²) in [5.74, 6) is 0.652. The molecule has 0 amide bonds. The van der Waals surface area contributed by atoms with E-state index in [1.54, 1.807) is 13.0 Å². The number of carbonyl (C=O) groups excluding carboxylic acids is 1. The second-order valence-corrected chi connectivity index (χ2v) is 7.64. The summed E-state index contributed by atoms with van der Waals surface area (Å²) in [5, 5.41) is 1.58. The Labute approximate surface area is 172 Å². The summed E-state index contributed by atoms with van der Waals surface area (Å²) in [6.45, 7) is 5.51. The van der Waals surface area contributed by atoms with Crippen molar-refractivity contribution in [3.63, 3.8) is 0 Å². The van der Waals surface area contributed by atoms with Crippen molar-refractivity contribution in [2.24, 2.45) is 0 Å². The van der Waals surface area contributed by atoms with Crippen LogP contribution in [0.15, 0.2) is 35.5 Å². The van der Waals surface area contributed by atoms with Gasteiger partial charge in [-0.25, -0.2) is 9.97 Å². The van der Waals surface area contributed by atoms with E-state index in [1.807, 2.05) is 24.3 Å². The average molecular weight is 427 g/mol. The van der Waals surface area contributed by atoms with Gasteiger partial charge in [-0.15, -0.1) is 0 Å².